The number of aryl methyl sites for hydroxylation is 2. The highest BCUT2D eigenvalue weighted by atomic mass is 32.1. The van der Waals surface area contributed by atoms with Gasteiger partial charge in [-0.15, -0.1) is 11.3 Å². The van der Waals surface area contributed by atoms with E-state index in [0.717, 1.165) is 16.7 Å². The normalized spacial score (nSPS) is 12.6. The average Bonchev–Trinajstić information content (AvgIpc) is 2.78. The van der Waals surface area contributed by atoms with Crippen molar-refractivity contribution >= 4 is 28.1 Å². The number of nitrogens with one attached hydrogen (secondary N) is 1. The van der Waals surface area contributed by atoms with Crippen LogP contribution in [0.1, 0.15) is 28.3 Å². The Hall–Kier alpha value is -1.94. The van der Waals surface area contributed by atoms with E-state index in [2.05, 4.69) is 48.2 Å². The van der Waals surface area contributed by atoms with E-state index in [0.29, 0.717) is 0 Å². The molecule has 1 atom stereocenters. The van der Waals surface area contributed by atoms with Gasteiger partial charge in [0.25, 0.3) is 0 Å². The molecule has 2 heterocycles. The van der Waals surface area contributed by atoms with E-state index in [9.17, 15) is 0 Å². The van der Waals surface area contributed by atoms with Gasteiger partial charge in [-0.25, -0.2) is 0 Å². The molecule has 0 radical (unpaired) electrons. The maximum absolute atomic E-state index is 4.34. The van der Waals surface area contributed by atoms with Crippen molar-refractivity contribution in [1.29, 1.82) is 0 Å². The van der Waals surface area contributed by atoms with Gasteiger partial charge >= 0.3 is 0 Å². The average molecular weight is 283 g/mol. The summed E-state index contributed by atoms with van der Waals surface area (Å²) in [6, 6.07) is 8.66. The fourth-order valence-corrected chi connectivity index (χ4v) is 3.48. The molecule has 0 saturated heterocycles. The third-order valence-corrected chi connectivity index (χ3v) is 4.38. The molecule has 2 aromatic heterocycles. The summed E-state index contributed by atoms with van der Waals surface area (Å²) in [4.78, 5) is 11.4. The first-order valence-corrected chi connectivity index (χ1v) is 7.49. The molecule has 0 bridgehead atoms. The molecule has 1 N–H and O–H groups in total. The van der Waals surface area contributed by atoms with Crippen LogP contribution in [0, 0.1) is 13.8 Å². The molecule has 0 spiro atoms. The maximum Gasteiger partial charge on any atom is 0.0907 e. The van der Waals surface area contributed by atoms with Gasteiger partial charge in [-0.2, -0.15) is 0 Å². The molecule has 0 aliphatic carbocycles. The number of fused-ring (bicyclic) bond motifs is 1. The molecule has 3 rings (SSSR count). The van der Waals surface area contributed by atoms with E-state index in [1.807, 2.05) is 23.5 Å². The molecule has 3 nitrogen and oxygen atoms in total. The summed E-state index contributed by atoms with van der Waals surface area (Å²) in [7, 11) is 0. The first-order valence-electron chi connectivity index (χ1n) is 6.68. The van der Waals surface area contributed by atoms with Crippen molar-refractivity contribution in [2.45, 2.75) is 26.8 Å². The van der Waals surface area contributed by atoms with Crippen LogP contribution in [0.15, 0.2) is 36.7 Å². The van der Waals surface area contributed by atoms with Crippen molar-refractivity contribution in [2.75, 3.05) is 5.32 Å². The van der Waals surface area contributed by atoms with Gasteiger partial charge in [-0.3, -0.25) is 9.97 Å². The highest BCUT2D eigenvalue weighted by molar-refractivity contribution is 7.12. The van der Waals surface area contributed by atoms with Crippen molar-refractivity contribution < 1.29 is 0 Å². The number of hydrogen-bond donors (Lipinski definition) is 1. The number of aromatic nitrogens is 2. The minimum absolute atomic E-state index is 0.286. The lowest BCUT2D eigenvalue weighted by Crippen LogP contribution is -2.06. The standard InChI is InChI=1S/C16H17N3S/c1-10-8-14(12(3)20-10)11(2)19-13-4-5-15-16(9-13)18-7-6-17-15/h4-9,11,19H,1-3H3. The van der Waals surface area contributed by atoms with Gasteiger partial charge in [-0.1, -0.05) is 0 Å². The molecule has 0 saturated carbocycles. The van der Waals surface area contributed by atoms with E-state index in [1.165, 1.54) is 15.3 Å². The maximum atomic E-state index is 4.34. The fourth-order valence-electron chi connectivity index (χ4n) is 2.46. The van der Waals surface area contributed by atoms with Crippen molar-refractivity contribution in [3.05, 3.63) is 52.0 Å². The number of nitrogens with zero attached hydrogens (tertiary/aromatic N) is 2. The van der Waals surface area contributed by atoms with Crippen molar-refractivity contribution in [3.63, 3.8) is 0 Å². The number of benzene rings is 1. The number of anilines is 1. The van der Waals surface area contributed by atoms with E-state index in [1.54, 1.807) is 12.4 Å². The highest BCUT2D eigenvalue weighted by Gasteiger charge is 2.11. The van der Waals surface area contributed by atoms with Crippen LogP contribution in [0.2, 0.25) is 0 Å². The van der Waals surface area contributed by atoms with Crippen LogP contribution in [0.25, 0.3) is 11.0 Å². The summed E-state index contributed by atoms with van der Waals surface area (Å²) < 4.78 is 0. The molecule has 0 aliphatic heterocycles. The second-order valence-corrected chi connectivity index (χ2v) is 6.45. The van der Waals surface area contributed by atoms with Gasteiger partial charge in [0.05, 0.1) is 11.0 Å². The number of thiophene rings is 1. The molecule has 1 aromatic carbocycles. The quantitative estimate of drug-likeness (QED) is 0.770. The summed E-state index contributed by atoms with van der Waals surface area (Å²) in [6.07, 6.45) is 3.44. The zero-order valence-corrected chi connectivity index (χ0v) is 12.7. The first-order chi connectivity index (χ1) is 9.63. The summed E-state index contributed by atoms with van der Waals surface area (Å²) >= 11 is 1.85. The van der Waals surface area contributed by atoms with Crippen molar-refractivity contribution in [3.8, 4) is 0 Å². The first kappa shape index (κ1) is 13.1. The van der Waals surface area contributed by atoms with E-state index < -0.39 is 0 Å². The Kier molecular flexibility index (Phi) is 3.40. The number of rotatable bonds is 3. The lowest BCUT2D eigenvalue weighted by Gasteiger charge is -2.15. The van der Waals surface area contributed by atoms with Gasteiger partial charge in [0.15, 0.2) is 0 Å². The third kappa shape index (κ3) is 2.51. The Balaban J connectivity index is 1.87. The monoisotopic (exact) mass is 283 g/mol. The zero-order chi connectivity index (χ0) is 14.1. The van der Waals surface area contributed by atoms with Crippen molar-refractivity contribution in [2.24, 2.45) is 0 Å². The van der Waals surface area contributed by atoms with Crippen molar-refractivity contribution in [1.82, 2.24) is 9.97 Å². The lowest BCUT2D eigenvalue weighted by molar-refractivity contribution is 0.882. The van der Waals surface area contributed by atoms with Crippen LogP contribution in [0.3, 0.4) is 0 Å². The van der Waals surface area contributed by atoms with Crippen LogP contribution in [0.5, 0.6) is 0 Å². The Bertz CT molecular complexity index is 748. The predicted molar refractivity (Wildman–Crippen MR) is 85.4 cm³/mol. The predicted octanol–water partition coefficient (Wildman–Crippen LogP) is 4.48. The van der Waals surface area contributed by atoms with Gasteiger partial charge in [0, 0.05) is 33.9 Å². The van der Waals surface area contributed by atoms with Gasteiger partial charge < -0.3 is 5.32 Å². The largest absolute Gasteiger partial charge is 0.378 e. The molecular formula is C16H17N3S. The molecule has 4 heteroatoms. The van der Waals surface area contributed by atoms with E-state index >= 15 is 0 Å². The van der Waals surface area contributed by atoms with E-state index in [4.69, 9.17) is 0 Å². The molecule has 0 aliphatic rings. The summed E-state index contributed by atoms with van der Waals surface area (Å²) in [5, 5.41) is 3.54. The summed E-state index contributed by atoms with van der Waals surface area (Å²) in [5.74, 6) is 0. The molecule has 20 heavy (non-hydrogen) atoms. The summed E-state index contributed by atoms with van der Waals surface area (Å²) in [5.41, 5.74) is 4.29. The molecule has 0 fully saturated rings. The Morgan fingerprint density at radius 2 is 1.80 bits per heavy atom. The van der Waals surface area contributed by atoms with Gasteiger partial charge in [-0.05, 0) is 50.6 Å². The van der Waals surface area contributed by atoms with E-state index in [-0.39, 0.29) is 6.04 Å². The smallest absolute Gasteiger partial charge is 0.0907 e. The topological polar surface area (TPSA) is 37.8 Å². The lowest BCUT2D eigenvalue weighted by atomic mass is 10.1. The Morgan fingerprint density at radius 3 is 2.50 bits per heavy atom. The molecule has 0 amide bonds. The fraction of sp³-hybridized carbons (Fsp3) is 0.250. The summed E-state index contributed by atoms with van der Waals surface area (Å²) in [6.45, 7) is 6.52. The molecule has 1 unspecified atom stereocenters. The Labute approximate surface area is 122 Å². The Morgan fingerprint density at radius 1 is 1.05 bits per heavy atom. The van der Waals surface area contributed by atoms with Gasteiger partial charge in [0.1, 0.15) is 0 Å². The minimum atomic E-state index is 0.286. The molecule has 3 aromatic rings. The SMILES string of the molecule is Cc1cc(C(C)Nc2ccc3nccnc3c2)c(C)s1. The second kappa shape index (κ2) is 5.21. The number of hydrogen-bond acceptors (Lipinski definition) is 4. The van der Waals surface area contributed by atoms with Gasteiger partial charge in [0.2, 0.25) is 0 Å². The van der Waals surface area contributed by atoms with Crippen LogP contribution >= 0.6 is 11.3 Å². The zero-order valence-electron chi connectivity index (χ0n) is 11.8. The third-order valence-electron chi connectivity index (χ3n) is 3.40. The highest BCUT2D eigenvalue weighted by Crippen LogP contribution is 2.29. The van der Waals surface area contributed by atoms with Crippen LogP contribution in [0.4, 0.5) is 5.69 Å². The second-order valence-electron chi connectivity index (χ2n) is 4.99. The van der Waals surface area contributed by atoms with Crippen LogP contribution in [-0.4, -0.2) is 9.97 Å². The van der Waals surface area contributed by atoms with Crippen LogP contribution < -0.4 is 5.32 Å². The minimum Gasteiger partial charge on any atom is -0.378 e. The molecule has 102 valence electrons. The molecular weight excluding hydrogens is 266 g/mol. The van der Waals surface area contributed by atoms with Crippen LogP contribution in [-0.2, 0) is 0 Å².